The molecule has 4 aliphatic rings. The summed E-state index contributed by atoms with van der Waals surface area (Å²) in [5.74, 6) is -1.66. The molecule has 1 spiro atoms. The maximum Gasteiger partial charge on any atom is 0.246 e. The molecule has 37 heavy (non-hydrogen) atoms. The summed E-state index contributed by atoms with van der Waals surface area (Å²) < 4.78 is 11.6. The van der Waals surface area contributed by atoms with Gasteiger partial charge in [-0.05, 0) is 42.9 Å². The van der Waals surface area contributed by atoms with E-state index in [1.807, 2.05) is 36.4 Å². The number of carbonyl (C=O) groups excluding carboxylic acids is 3. The molecule has 1 aromatic carbocycles. The Balaban J connectivity index is 1.39. The first kappa shape index (κ1) is 25.9. The van der Waals surface area contributed by atoms with Crippen LogP contribution in [-0.4, -0.2) is 66.7 Å². The molecule has 0 aromatic heterocycles. The zero-order chi connectivity index (χ0) is 26.2. The number of methoxy groups -OCH3 is 1. The van der Waals surface area contributed by atoms with Gasteiger partial charge in [0.2, 0.25) is 17.7 Å². The van der Waals surface area contributed by atoms with Crippen molar-refractivity contribution >= 4 is 23.4 Å². The number of nitrogens with zero attached hydrogens (tertiary/aromatic N) is 1. The summed E-state index contributed by atoms with van der Waals surface area (Å²) in [4.78, 5) is 42.8. The number of anilines is 1. The number of nitrogens with one attached hydrogen (secondary N) is 2. The second kappa shape index (κ2) is 10.6. The van der Waals surface area contributed by atoms with Crippen molar-refractivity contribution in [3.05, 3.63) is 42.0 Å². The number of hydrogen-bond acceptors (Lipinski definition) is 5. The van der Waals surface area contributed by atoms with Gasteiger partial charge < -0.3 is 25.0 Å². The fourth-order valence-electron chi connectivity index (χ4n) is 6.59. The lowest BCUT2D eigenvalue weighted by atomic mass is 9.74. The smallest absolute Gasteiger partial charge is 0.246 e. The Morgan fingerprint density at radius 3 is 2.54 bits per heavy atom. The van der Waals surface area contributed by atoms with Gasteiger partial charge in [0.05, 0.1) is 17.9 Å². The van der Waals surface area contributed by atoms with Crippen LogP contribution in [0.1, 0.15) is 63.9 Å². The van der Waals surface area contributed by atoms with E-state index in [1.54, 1.807) is 12.0 Å². The van der Waals surface area contributed by atoms with Crippen molar-refractivity contribution in [2.24, 2.45) is 11.8 Å². The van der Waals surface area contributed by atoms with Crippen LogP contribution in [0.2, 0.25) is 0 Å². The molecule has 2 saturated heterocycles. The van der Waals surface area contributed by atoms with Crippen LogP contribution in [-0.2, 0) is 23.9 Å². The first-order valence-electron chi connectivity index (χ1n) is 13.7. The monoisotopic (exact) mass is 509 g/mol. The van der Waals surface area contributed by atoms with E-state index in [4.69, 9.17) is 9.47 Å². The largest absolute Gasteiger partial charge is 0.385 e. The third kappa shape index (κ3) is 4.70. The van der Waals surface area contributed by atoms with Gasteiger partial charge in [0.25, 0.3) is 0 Å². The first-order valence-corrected chi connectivity index (χ1v) is 13.7. The molecule has 2 bridgehead atoms. The highest BCUT2D eigenvalue weighted by Crippen LogP contribution is 2.55. The summed E-state index contributed by atoms with van der Waals surface area (Å²) in [7, 11) is 1.62. The molecule has 1 saturated carbocycles. The standard InChI is InChI=1S/C29H39N3O5/c1-18(2)19-10-12-21(13-11-19)30-26(33)23-22-14-15-29(37-22)24(23)28(35)32(16-7-17-36-3)25(29)27(34)31-20-8-5-4-6-9-20/h10-15,18,20,22-25H,4-9,16-17H2,1-3H3,(H,30,33)(H,31,34)/t22-,23-,24-,25+,29-/m0/s1. The molecule has 2 N–H and O–H groups in total. The molecule has 3 aliphatic heterocycles. The minimum absolute atomic E-state index is 0.114. The van der Waals surface area contributed by atoms with Crippen molar-refractivity contribution in [3.63, 3.8) is 0 Å². The molecule has 5 atom stereocenters. The Morgan fingerprint density at radius 2 is 1.86 bits per heavy atom. The normalized spacial score (nSPS) is 30.7. The molecule has 3 heterocycles. The highest BCUT2D eigenvalue weighted by Gasteiger charge is 2.72. The first-order chi connectivity index (χ1) is 17.9. The van der Waals surface area contributed by atoms with Crippen LogP contribution in [0, 0.1) is 11.8 Å². The number of benzene rings is 1. The van der Waals surface area contributed by atoms with E-state index in [1.165, 1.54) is 12.0 Å². The number of hydrogen-bond donors (Lipinski definition) is 2. The van der Waals surface area contributed by atoms with Crippen LogP contribution in [0.5, 0.6) is 0 Å². The molecule has 1 aromatic rings. The quantitative estimate of drug-likeness (QED) is 0.393. The summed E-state index contributed by atoms with van der Waals surface area (Å²) in [6.45, 7) is 5.10. The SMILES string of the molecule is COCCCN1C(=O)[C@@H]2[C@@H](C(=O)Nc3ccc(C(C)C)cc3)[C@@H]3C=C[C@@]2(O3)[C@H]1C(=O)NC1CCCCC1. The van der Waals surface area contributed by atoms with Crippen molar-refractivity contribution in [1.29, 1.82) is 0 Å². The summed E-state index contributed by atoms with van der Waals surface area (Å²) in [5.41, 5.74) is 0.744. The molecule has 0 radical (unpaired) electrons. The van der Waals surface area contributed by atoms with Gasteiger partial charge in [0.1, 0.15) is 11.6 Å². The zero-order valence-corrected chi connectivity index (χ0v) is 22.1. The van der Waals surface area contributed by atoms with E-state index in [0.29, 0.717) is 31.2 Å². The van der Waals surface area contributed by atoms with Crippen LogP contribution in [0.25, 0.3) is 0 Å². The number of fused-ring (bicyclic) bond motifs is 1. The van der Waals surface area contributed by atoms with Gasteiger partial charge in [-0.25, -0.2) is 0 Å². The minimum atomic E-state index is -1.13. The third-order valence-electron chi connectivity index (χ3n) is 8.47. The Hall–Kier alpha value is -2.71. The van der Waals surface area contributed by atoms with Crippen LogP contribution in [0.4, 0.5) is 5.69 Å². The predicted molar refractivity (Wildman–Crippen MR) is 140 cm³/mol. The molecule has 8 heteroatoms. The van der Waals surface area contributed by atoms with Gasteiger partial charge in [-0.2, -0.15) is 0 Å². The van der Waals surface area contributed by atoms with Crippen molar-refractivity contribution in [2.75, 3.05) is 25.6 Å². The molecular formula is C29H39N3O5. The number of likely N-dealkylation sites (tertiary alicyclic amines) is 1. The molecule has 0 unspecified atom stereocenters. The summed E-state index contributed by atoms with van der Waals surface area (Å²) in [6, 6.07) is 7.10. The van der Waals surface area contributed by atoms with Crippen molar-refractivity contribution in [2.45, 2.75) is 82.1 Å². The summed E-state index contributed by atoms with van der Waals surface area (Å²) in [6.07, 6.45) is 9.07. The zero-order valence-electron chi connectivity index (χ0n) is 22.1. The maximum atomic E-state index is 13.9. The second-order valence-corrected chi connectivity index (χ2v) is 11.2. The highest BCUT2D eigenvalue weighted by molar-refractivity contribution is 6.02. The van der Waals surface area contributed by atoms with Crippen molar-refractivity contribution in [1.82, 2.24) is 10.2 Å². The minimum Gasteiger partial charge on any atom is -0.385 e. The molecular weight excluding hydrogens is 470 g/mol. The number of carbonyl (C=O) groups is 3. The number of rotatable bonds is 9. The Kier molecular flexibility index (Phi) is 7.41. The van der Waals surface area contributed by atoms with E-state index < -0.39 is 29.6 Å². The van der Waals surface area contributed by atoms with Crippen LogP contribution >= 0.6 is 0 Å². The average Bonchev–Trinajstić information content (AvgIpc) is 3.52. The molecule has 200 valence electrons. The Labute approximate surface area is 219 Å². The van der Waals surface area contributed by atoms with Gasteiger partial charge >= 0.3 is 0 Å². The highest BCUT2D eigenvalue weighted by atomic mass is 16.5. The lowest BCUT2D eigenvalue weighted by Gasteiger charge is -2.34. The average molecular weight is 510 g/mol. The van der Waals surface area contributed by atoms with Crippen molar-refractivity contribution in [3.8, 4) is 0 Å². The number of ether oxygens (including phenoxy) is 2. The fourth-order valence-corrected chi connectivity index (χ4v) is 6.59. The topological polar surface area (TPSA) is 97.0 Å². The van der Waals surface area contributed by atoms with Crippen molar-refractivity contribution < 1.29 is 23.9 Å². The lowest BCUT2D eigenvalue weighted by molar-refractivity contribution is -0.141. The van der Waals surface area contributed by atoms with Gasteiger partial charge in [0.15, 0.2) is 0 Å². The summed E-state index contributed by atoms with van der Waals surface area (Å²) in [5, 5.41) is 6.21. The Morgan fingerprint density at radius 1 is 1.14 bits per heavy atom. The molecule has 3 fully saturated rings. The van der Waals surface area contributed by atoms with Gasteiger partial charge in [-0.1, -0.05) is 57.4 Å². The second-order valence-electron chi connectivity index (χ2n) is 11.2. The Bertz CT molecular complexity index is 1050. The number of amides is 3. The van der Waals surface area contributed by atoms with E-state index in [9.17, 15) is 14.4 Å². The van der Waals surface area contributed by atoms with E-state index in [0.717, 1.165) is 25.7 Å². The molecule has 8 nitrogen and oxygen atoms in total. The fraction of sp³-hybridized carbons (Fsp3) is 0.621. The van der Waals surface area contributed by atoms with Gasteiger partial charge in [0, 0.05) is 32.0 Å². The van der Waals surface area contributed by atoms with Crippen LogP contribution in [0.15, 0.2) is 36.4 Å². The van der Waals surface area contributed by atoms with Gasteiger partial charge in [-0.3, -0.25) is 14.4 Å². The van der Waals surface area contributed by atoms with Crippen LogP contribution < -0.4 is 10.6 Å². The van der Waals surface area contributed by atoms with E-state index >= 15 is 0 Å². The molecule has 5 rings (SSSR count). The van der Waals surface area contributed by atoms with E-state index in [-0.39, 0.29) is 23.8 Å². The summed E-state index contributed by atoms with van der Waals surface area (Å²) >= 11 is 0. The van der Waals surface area contributed by atoms with E-state index in [2.05, 4.69) is 24.5 Å². The van der Waals surface area contributed by atoms with Gasteiger partial charge in [-0.15, -0.1) is 0 Å². The molecule has 1 aliphatic carbocycles. The maximum absolute atomic E-state index is 13.9. The third-order valence-corrected chi connectivity index (χ3v) is 8.47. The molecule has 3 amide bonds. The predicted octanol–water partition coefficient (Wildman–Crippen LogP) is 3.38. The van der Waals surface area contributed by atoms with Crippen LogP contribution in [0.3, 0.4) is 0 Å². The lowest BCUT2D eigenvalue weighted by Crippen LogP contribution is -2.56.